The molecule has 1 N–H and O–H groups in total. The van der Waals surface area contributed by atoms with E-state index in [4.69, 9.17) is 0 Å². The fourth-order valence-electron chi connectivity index (χ4n) is 1.79. The third-order valence-electron chi connectivity index (χ3n) is 2.79. The molecule has 3 heteroatoms. The molecule has 0 aliphatic rings. The first-order valence-electron chi connectivity index (χ1n) is 5.31. The summed E-state index contributed by atoms with van der Waals surface area (Å²) in [6, 6.07) is 8.73. The minimum Gasteiger partial charge on any atom is -0.327 e. The Morgan fingerprint density at radius 1 is 1.40 bits per heavy atom. The number of hydrogen-bond donors (Lipinski definition) is 1. The molecule has 80 valence electrons. The zero-order valence-corrected chi connectivity index (χ0v) is 9.49. The average Bonchev–Trinajstić information content (AvgIpc) is 2.55. The molecule has 1 unspecified atom stereocenters. The van der Waals surface area contributed by atoms with Crippen molar-refractivity contribution in [2.75, 3.05) is 7.05 Å². The van der Waals surface area contributed by atoms with Gasteiger partial charge >= 0.3 is 0 Å². The van der Waals surface area contributed by atoms with Crippen molar-refractivity contribution in [2.45, 2.75) is 26.4 Å². The molecule has 0 saturated carbocycles. The van der Waals surface area contributed by atoms with Gasteiger partial charge in [-0.3, -0.25) is 0 Å². The fourth-order valence-corrected chi connectivity index (χ4v) is 1.79. The van der Waals surface area contributed by atoms with Crippen LogP contribution in [-0.2, 0) is 6.54 Å². The average molecular weight is 203 g/mol. The third kappa shape index (κ3) is 1.88. The Morgan fingerprint density at radius 3 is 2.87 bits per heavy atom. The van der Waals surface area contributed by atoms with Crippen LogP contribution in [0.15, 0.2) is 24.3 Å². The lowest BCUT2D eigenvalue weighted by atomic mass is 10.3. The number of aromatic nitrogens is 2. The number of imidazole rings is 1. The van der Waals surface area contributed by atoms with Crippen LogP contribution in [0.25, 0.3) is 11.0 Å². The number of benzene rings is 1. The Hall–Kier alpha value is -1.35. The Labute approximate surface area is 90.1 Å². The molecule has 0 spiro atoms. The zero-order valence-electron chi connectivity index (χ0n) is 9.49. The Bertz CT molecular complexity index is 459. The monoisotopic (exact) mass is 203 g/mol. The number of para-hydroxylation sites is 2. The number of nitrogens with one attached hydrogen (secondary N) is 1. The van der Waals surface area contributed by atoms with Gasteiger partial charge < -0.3 is 9.88 Å². The Balaban J connectivity index is 2.45. The van der Waals surface area contributed by atoms with E-state index in [1.807, 2.05) is 13.1 Å². The second kappa shape index (κ2) is 4.03. The van der Waals surface area contributed by atoms with Crippen molar-refractivity contribution in [1.82, 2.24) is 14.9 Å². The fraction of sp³-hybridized carbons (Fsp3) is 0.417. The van der Waals surface area contributed by atoms with Gasteiger partial charge in [0.25, 0.3) is 0 Å². The molecular weight excluding hydrogens is 186 g/mol. The van der Waals surface area contributed by atoms with Crippen LogP contribution in [0, 0.1) is 6.92 Å². The number of aryl methyl sites for hydroxylation is 1. The highest BCUT2D eigenvalue weighted by Gasteiger charge is 2.08. The van der Waals surface area contributed by atoms with Gasteiger partial charge in [0.15, 0.2) is 0 Å². The maximum Gasteiger partial charge on any atom is 0.106 e. The Morgan fingerprint density at radius 2 is 2.13 bits per heavy atom. The second-order valence-electron chi connectivity index (χ2n) is 3.95. The number of nitrogens with zero attached hydrogens (tertiary/aromatic N) is 2. The number of hydrogen-bond acceptors (Lipinski definition) is 2. The smallest absolute Gasteiger partial charge is 0.106 e. The van der Waals surface area contributed by atoms with Crippen molar-refractivity contribution in [3.05, 3.63) is 30.1 Å². The van der Waals surface area contributed by atoms with Crippen molar-refractivity contribution < 1.29 is 0 Å². The first-order valence-corrected chi connectivity index (χ1v) is 5.31. The van der Waals surface area contributed by atoms with Crippen LogP contribution >= 0.6 is 0 Å². The number of fused-ring (bicyclic) bond motifs is 1. The number of likely N-dealkylation sites (N-methyl/N-ethyl adjacent to an activating group) is 1. The predicted molar refractivity (Wildman–Crippen MR) is 63.0 cm³/mol. The van der Waals surface area contributed by atoms with Gasteiger partial charge in [-0.2, -0.15) is 0 Å². The first kappa shape index (κ1) is 10.2. The standard InChI is InChI=1S/C12H17N3/c1-9(13-3)8-15-10(2)14-11-6-4-5-7-12(11)15/h4-7,9,13H,8H2,1-3H3. The van der Waals surface area contributed by atoms with Crippen molar-refractivity contribution in [3.8, 4) is 0 Å². The molecule has 0 aliphatic carbocycles. The molecule has 2 rings (SSSR count). The van der Waals surface area contributed by atoms with E-state index < -0.39 is 0 Å². The van der Waals surface area contributed by atoms with Gasteiger partial charge in [0.2, 0.25) is 0 Å². The van der Waals surface area contributed by atoms with Gasteiger partial charge in [-0.05, 0) is 33.0 Å². The predicted octanol–water partition coefficient (Wildman–Crippen LogP) is 1.95. The van der Waals surface area contributed by atoms with E-state index >= 15 is 0 Å². The van der Waals surface area contributed by atoms with Crippen LogP contribution in [0.5, 0.6) is 0 Å². The minimum absolute atomic E-state index is 0.460. The molecule has 1 atom stereocenters. The summed E-state index contributed by atoms with van der Waals surface area (Å²) in [5.41, 5.74) is 2.30. The highest BCUT2D eigenvalue weighted by atomic mass is 15.1. The van der Waals surface area contributed by atoms with Gasteiger partial charge in [-0.25, -0.2) is 4.98 Å². The van der Waals surface area contributed by atoms with Crippen LogP contribution in [0.3, 0.4) is 0 Å². The summed E-state index contributed by atoms with van der Waals surface area (Å²) < 4.78 is 2.26. The topological polar surface area (TPSA) is 29.9 Å². The normalized spacial score (nSPS) is 13.3. The molecule has 1 aromatic carbocycles. The van der Waals surface area contributed by atoms with Gasteiger partial charge in [0.1, 0.15) is 5.82 Å². The van der Waals surface area contributed by atoms with E-state index in [9.17, 15) is 0 Å². The third-order valence-corrected chi connectivity index (χ3v) is 2.79. The summed E-state index contributed by atoms with van der Waals surface area (Å²) in [4.78, 5) is 4.54. The van der Waals surface area contributed by atoms with Crippen molar-refractivity contribution in [1.29, 1.82) is 0 Å². The summed E-state index contributed by atoms with van der Waals surface area (Å²) in [5.74, 6) is 1.08. The van der Waals surface area contributed by atoms with Crippen LogP contribution in [0.2, 0.25) is 0 Å². The number of rotatable bonds is 3. The van der Waals surface area contributed by atoms with Crippen LogP contribution in [0.4, 0.5) is 0 Å². The molecule has 0 bridgehead atoms. The lowest BCUT2D eigenvalue weighted by molar-refractivity contribution is 0.516. The summed E-state index contributed by atoms with van der Waals surface area (Å²) in [7, 11) is 1.99. The van der Waals surface area contributed by atoms with E-state index in [-0.39, 0.29) is 0 Å². The van der Waals surface area contributed by atoms with Crippen molar-refractivity contribution in [3.63, 3.8) is 0 Å². The van der Waals surface area contributed by atoms with Crippen molar-refractivity contribution in [2.24, 2.45) is 0 Å². The molecule has 0 fully saturated rings. The molecule has 1 aromatic heterocycles. The van der Waals surface area contributed by atoms with Crippen molar-refractivity contribution >= 4 is 11.0 Å². The van der Waals surface area contributed by atoms with E-state index in [0.717, 1.165) is 17.9 Å². The minimum atomic E-state index is 0.460. The largest absolute Gasteiger partial charge is 0.327 e. The molecule has 0 aliphatic heterocycles. The molecule has 3 nitrogen and oxygen atoms in total. The molecular formula is C12H17N3. The van der Waals surface area contributed by atoms with E-state index in [1.165, 1.54) is 5.52 Å². The first-order chi connectivity index (χ1) is 7.22. The zero-order chi connectivity index (χ0) is 10.8. The van der Waals surface area contributed by atoms with Gasteiger partial charge in [0, 0.05) is 12.6 Å². The molecule has 0 amide bonds. The summed E-state index contributed by atoms with van der Waals surface area (Å²) in [6.07, 6.45) is 0. The lowest BCUT2D eigenvalue weighted by Gasteiger charge is -2.13. The maximum absolute atomic E-state index is 4.54. The molecule has 15 heavy (non-hydrogen) atoms. The molecule has 1 heterocycles. The SMILES string of the molecule is CNC(C)Cn1c(C)nc2ccccc21. The maximum atomic E-state index is 4.54. The van der Waals surface area contributed by atoms with Crippen LogP contribution in [-0.4, -0.2) is 22.6 Å². The second-order valence-corrected chi connectivity index (χ2v) is 3.95. The van der Waals surface area contributed by atoms with Gasteiger partial charge in [-0.15, -0.1) is 0 Å². The van der Waals surface area contributed by atoms with Gasteiger partial charge in [-0.1, -0.05) is 12.1 Å². The van der Waals surface area contributed by atoms with E-state index in [2.05, 4.69) is 46.9 Å². The summed E-state index contributed by atoms with van der Waals surface area (Å²) in [6.45, 7) is 5.19. The molecule has 2 aromatic rings. The highest BCUT2D eigenvalue weighted by molar-refractivity contribution is 5.75. The van der Waals surface area contributed by atoms with Crippen LogP contribution in [0.1, 0.15) is 12.7 Å². The van der Waals surface area contributed by atoms with E-state index in [1.54, 1.807) is 0 Å². The quantitative estimate of drug-likeness (QED) is 0.826. The Kier molecular flexibility index (Phi) is 2.73. The summed E-state index contributed by atoms with van der Waals surface area (Å²) in [5, 5.41) is 3.25. The lowest BCUT2D eigenvalue weighted by Crippen LogP contribution is -2.27. The summed E-state index contributed by atoms with van der Waals surface area (Å²) >= 11 is 0. The van der Waals surface area contributed by atoms with Gasteiger partial charge in [0.05, 0.1) is 11.0 Å². The van der Waals surface area contributed by atoms with E-state index in [0.29, 0.717) is 6.04 Å². The molecule has 0 saturated heterocycles. The highest BCUT2D eigenvalue weighted by Crippen LogP contribution is 2.15. The molecule has 0 radical (unpaired) electrons. The van der Waals surface area contributed by atoms with Crippen LogP contribution < -0.4 is 5.32 Å².